The molecule has 19 heavy (non-hydrogen) atoms. The van der Waals surface area contributed by atoms with Crippen LogP contribution in [-0.4, -0.2) is 16.5 Å². The summed E-state index contributed by atoms with van der Waals surface area (Å²) in [5.74, 6) is -0.0973. The molecule has 0 radical (unpaired) electrons. The molecule has 0 bridgehead atoms. The second kappa shape index (κ2) is 5.45. The van der Waals surface area contributed by atoms with E-state index < -0.39 is 0 Å². The number of fused-ring (bicyclic) bond motifs is 1. The van der Waals surface area contributed by atoms with E-state index in [1.165, 1.54) is 6.07 Å². The lowest BCUT2D eigenvalue weighted by molar-refractivity contribution is -0.122. The van der Waals surface area contributed by atoms with E-state index in [9.17, 15) is 9.59 Å². The number of aromatic nitrogens is 1. The molecule has 0 atom stereocenters. The number of nitrogens with zero attached hydrogens (tertiary/aromatic N) is 1. The van der Waals surface area contributed by atoms with Crippen molar-refractivity contribution in [2.75, 3.05) is 0 Å². The number of pyridine rings is 1. The monoisotopic (exact) mass is 278 g/mol. The van der Waals surface area contributed by atoms with Crippen LogP contribution in [0.1, 0.15) is 13.8 Å². The van der Waals surface area contributed by atoms with Gasteiger partial charge >= 0.3 is 0 Å². The first-order valence-electron chi connectivity index (χ1n) is 6.05. The Hall–Kier alpha value is -1.81. The van der Waals surface area contributed by atoms with Crippen LogP contribution < -0.4 is 10.7 Å². The van der Waals surface area contributed by atoms with Gasteiger partial charge < -0.3 is 9.88 Å². The smallest absolute Gasteiger partial charge is 0.240 e. The van der Waals surface area contributed by atoms with Gasteiger partial charge in [-0.25, -0.2) is 0 Å². The maximum Gasteiger partial charge on any atom is 0.240 e. The van der Waals surface area contributed by atoms with Crippen LogP contribution in [0.25, 0.3) is 10.9 Å². The lowest BCUT2D eigenvalue weighted by Gasteiger charge is -2.12. The van der Waals surface area contributed by atoms with Crippen molar-refractivity contribution in [3.8, 4) is 0 Å². The van der Waals surface area contributed by atoms with E-state index in [-0.39, 0.29) is 23.9 Å². The zero-order valence-electron chi connectivity index (χ0n) is 10.8. The molecule has 0 aliphatic rings. The van der Waals surface area contributed by atoms with Gasteiger partial charge in [0.2, 0.25) is 5.91 Å². The van der Waals surface area contributed by atoms with Crippen molar-refractivity contribution in [2.24, 2.45) is 0 Å². The number of halogens is 1. The molecule has 0 aliphatic carbocycles. The second-order valence-electron chi connectivity index (χ2n) is 4.69. The summed E-state index contributed by atoms with van der Waals surface area (Å²) in [7, 11) is 0. The molecule has 0 spiro atoms. The Bertz CT molecular complexity index is 677. The minimum absolute atomic E-state index is 0.0767. The van der Waals surface area contributed by atoms with Crippen LogP contribution in [0.3, 0.4) is 0 Å². The number of carbonyl (C=O) groups excluding carboxylic acids is 1. The summed E-state index contributed by atoms with van der Waals surface area (Å²) in [5.41, 5.74) is 0.589. The third-order valence-corrected chi connectivity index (χ3v) is 2.94. The van der Waals surface area contributed by atoms with Crippen LogP contribution in [0, 0.1) is 0 Å². The Balaban J connectivity index is 2.44. The van der Waals surface area contributed by atoms with Crippen molar-refractivity contribution >= 4 is 28.4 Å². The van der Waals surface area contributed by atoms with Crippen molar-refractivity contribution in [2.45, 2.75) is 26.4 Å². The maximum atomic E-state index is 11.8. The Labute approximate surface area is 116 Å². The molecular weight excluding hydrogens is 264 g/mol. The number of amides is 1. The van der Waals surface area contributed by atoms with Crippen molar-refractivity contribution in [3.05, 3.63) is 45.7 Å². The number of nitrogens with one attached hydrogen (secondary N) is 1. The number of hydrogen-bond acceptors (Lipinski definition) is 2. The van der Waals surface area contributed by atoms with Gasteiger partial charge in [-0.2, -0.15) is 0 Å². The van der Waals surface area contributed by atoms with Gasteiger partial charge in [0.15, 0.2) is 5.43 Å². The predicted octanol–water partition coefficient (Wildman–Crippen LogP) is 2.18. The summed E-state index contributed by atoms with van der Waals surface area (Å²) >= 11 is 5.95. The van der Waals surface area contributed by atoms with E-state index in [2.05, 4.69) is 5.32 Å². The van der Waals surface area contributed by atoms with E-state index in [4.69, 9.17) is 11.6 Å². The Kier molecular flexibility index (Phi) is 3.90. The van der Waals surface area contributed by atoms with E-state index in [1.54, 1.807) is 29.0 Å². The Morgan fingerprint density at radius 1 is 1.37 bits per heavy atom. The molecule has 0 saturated carbocycles. The van der Waals surface area contributed by atoms with Gasteiger partial charge in [-0.05, 0) is 32.0 Å². The quantitative estimate of drug-likeness (QED) is 0.936. The first-order chi connectivity index (χ1) is 8.97. The van der Waals surface area contributed by atoms with Gasteiger partial charge in [-0.1, -0.05) is 11.6 Å². The molecule has 0 aliphatic heterocycles. The summed E-state index contributed by atoms with van der Waals surface area (Å²) < 4.78 is 1.72. The number of hydrogen-bond donors (Lipinski definition) is 1. The topological polar surface area (TPSA) is 51.1 Å². The van der Waals surface area contributed by atoms with Crippen molar-refractivity contribution < 1.29 is 4.79 Å². The summed E-state index contributed by atoms with van der Waals surface area (Å²) in [5, 5.41) is 3.91. The van der Waals surface area contributed by atoms with Crippen LogP contribution >= 0.6 is 11.6 Å². The molecule has 4 nitrogen and oxygen atoms in total. The minimum Gasteiger partial charge on any atom is -0.352 e. The van der Waals surface area contributed by atoms with Crippen molar-refractivity contribution in [3.63, 3.8) is 0 Å². The summed E-state index contributed by atoms with van der Waals surface area (Å²) in [4.78, 5) is 23.5. The molecule has 1 amide bonds. The molecule has 2 aromatic rings. The molecule has 0 saturated heterocycles. The largest absolute Gasteiger partial charge is 0.352 e. The highest BCUT2D eigenvalue weighted by atomic mass is 35.5. The van der Waals surface area contributed by atoms with E-state index in [0.29, 0.717) is 15.9 Å². The van der Waals surface area contributed by atoms with Crippen molar-refractivity contribution in [1.29, 1.82) is 0 Å². The van der Waals surface area contributed by atoms with E-state index >= 15 is 0 Å². The zero-order valence-corrected chi connectivity index (χ0v) is 11.6. The predicted molar refractivity (Wildman–Crippen MR) is 76.5 cm³/mol. The standard InChI is InChI=1S/C14H15ClN2O2/c1-9(2)16-14(19)8-17-6-5-13(18)11-4-3-10(15)7-12(11)17/h3-7,9H,8H2,1-2H3,(H,16,19). The van der Waals surface area contributed by atoms with Gasteiger partial charge in [0, 0.05) is 28.7 Å². The summed E-state index contributed by atoms with van der Waals surface area (Å²) in [6.45, 7) is 3.96. The molecule has 1 aromatic heterocycles. The fourth-order valence-electron chi connectivity index (χ4n) is 1.94. The highest BCUT2D eigenvalue weighted by Gasteiger charge is 2.08. The summed E-state index contributed by atoms with van der Waals surface area (Å²) in [6, 6.07) is 6.59. The van der Waals surface area contributed by atoms with Gasteiger partial charge in [0.25, 0.3) is 0 Å². The minimum atomic E-state index is -0.0973. The van der Waals surface area contributed by atoms with Crippen molar-refractivity contribution in [1.82, 2.24) is 9.88 Å². The Morgan fingerprint density at radius 2 is 2.11 bits per heavy atom. The number of rotatable bonds is 3. The molecule has 1 N–H and O–H groups in total. The fraction of sp³-hybridized carbons (Fsp3) is 0.286. The molecular formula is C14H15ClN2O2. The second-order valence-corrected chi connectivity index (χ2v) is 5.13. The normalized spacial score (nSPS) is 10.9. The molecule has 2 rings (SSSR count). The third-order valence-electron chi connectivity index (χ3n) is 2.70. The highest BCUT2D eigenvalue weighted by Crippen LogP contribution is 2.16. The van der Waals surface area contributed by atoms with Crippen LogP contribution in [0.2, 0.25) is 5.02 Å². The van der Waals surface area contributed by atoms with Gasteiger partial charge in [0.1, 0.15) is 6.54 Å². The molecule has 1 heterocycles. The Morgan fingerprint density at radius 3 is 2.79 bits per heavy atom. The molecule has 0 unspecified atom stereocenters. The first-order valence-corrected chi connectivity index (χ1v) is 6.43. The van der Waals surface area contributed by atoms with Crippen LogP contribution in [0.15, 0.2) is 35.3 Å². The lowest BCUT2D eigenvalue weighted by Crippen LogP contribution is -2.33. The van der Waals surface area contributed by atoms with Gasteiger partial charge in [-0.15, -0.1) is 0 Å². The SMILES string of the molecule is CC(C)NC(=O)Cn1ccc(=O)c2ccc(Cl)cc21. The van der Waals surface area contributed by atoms with E-state index in [1.807, 2.05) is 13.8 Å². The van der Waals surface area contributed by atoms with Gasteiger partial charge in [-0.3, -0.25) is 9.59 Å². The molecule has 100 valence electrons. The fourth-order valence-corrected chi connectivity index (χ4v) is 2.11. The zero-order chi connectivity index (χ0) is 14.0. The van der Waals surface area contributed by atoms with Crippen LogP contribution in [-0.2, 0) is 11.3 Å². The molecule has 1 aromatic carbocycles. The number of carbonyl (C=O) groups is 1. The third kappa shape index (κ3) is 3.15. The lowest BCUT2D eigenvalue weighted by atomic mass is 10.2. The summed E-state index contributed by atoms with van der Waals surface area (Å²) in [6.07, 6.45) is 1.61. The molecule has 5 heteroatoms. The van der Waals surface area contributed by atoms with Crippen LogP contribution in [0.5, 0.6) is 0 Å². The first kappa shape index (κ1) is 13.6. The van der Waals surface area contributed by atoms with E-state index in [0.717, 1.165) is 0 Å². The van der Waals surface area contributed by atoms with Gasteiger partial charge in [0.05, 0.1) is 5.52 Å². The molecule has 0 fully saturated rings. The maximum absolute atomic E-state index is 11.8. The average molecular weight is 279 g/mol. The average Bonchev–Trinajstić information content (AvgIpc) is 2.32. The van der Waals surface area contributed by atoms with Crippen LogP contribution in [0.4, 0.5) is 0 Å². The number of benzene rings is 1. The highest BCUT2D eigenvalue weighted by molar-refractivity contribution is 6.31.